The highest BCUT2D eigenvalue weighted by Gasteiger charge is 2.35. The molecule has 174 valence electrons. The summed E-state index contributed by atoms with van der Waals surface area (Å²) >= 11 is 20.0. The molecule has 0 bridgehead atoms. The van der Waals surface area contributed by atoms with Gasteiger partial charge >= 0.3 is 0 Å². The minimum absolute atomic E-state index is 0.0571. The number of rotatable bonds is 6. The SMILES string of the molecule is O=C1S/C(=C/c2cc(Br)c(OCc3ccc(F)cc3)c(Br)c2)C(=O)N1Cc1ccc(Cl)cc1Cl. The summed E-state index contributed by atoms with van der Waals surface area (Å²) in [6, 6.07) is 14.5. The second kappa shape index (κ2) is 10.8. The summed E-state index contributed by atoms with van der Waals surface area (Å²) < 4.78 is 20.3. The van der Waals surface area contributed by atoms with Crippen LogP contribution in [0.5, 0.6) is 5.75 Å². The molecule has 0 aliphatic carbocycles. The molecule has 0 unspecified atom stereocenters. The molecule has 1 aliphatic rings. The summed E-state index contributed by atoms with van der Waals surface area (Å²) in [6.07, 6.45) is 1.65. The van der Waals surface area contributed by atoms with Crippen LogP contribution in [0.15, 0.2) is 68.4 Å². The van der Waals surface area contributed by atoms with Crippen LogP contribution in [-0.4, -0.2) is 16.0 Å². The highest BCUT2D eigenvalue weighted by molar-refractivity contribution is 9.11. The molecule has 34 heavy (non-hydrogen) atoms. The third-order valence-electron chi connectivity index (χ3n) is 4.83. The van der Waals surface area contributed by atoms with E-state index in [4.69, 9.17) is 27.9 Å². The number of amides is 2. The van der Waals surface area contributed by atoms with Crippen LogP contribution in [0.1, 0.15) is 16.7 Å². The van der Waals surface area contributed by atoms with Gasteiger partial charge in [-0.15, -0.1) is 0 Å². The van der Waals surface area contributed by atoms with Crippen LogP contribution in [0.3, 0.4) is 0 Å². The van der Waals surface area contributed by atoms with E-state index in [1.165, 1.54) is 12.1 Å². The molecule has 0 radical (unpaired) electrons. The van der Waals surface area contributed by atoms with Crippen molar-refractivity contribution in [2.24, 2.45) is 0 Å². The van der Waals surface area contributed by atoms with Gasteiger partial charge in [-0.25, -0.2) is 4.39 Å². The molecule has 0 spiro atoms. The highest BCUT2D eigenvalue weighted by atomic mass is 79.9. The molecule has 0 aromatic heterocycles. The van der Waals surface area contributed by atoms with Gasteiger partial charge in [0.15, 0.2) is 0 Å². The molecule has 1 heterocycles. The number of imide groups is 1. The van der Waals surface area contributed by atoms with Crippen molar-refractivity contribution in [3.8, 4) is 5.75 Å². The van der Waals surface area contributed by atoms with Gasteiger partial charge in [0, 0.05) is 10.0 Å². The second-order valence-corrected chi connectivity index (χ2v) is 10.8. The van der Waals surface area contributed by atoms with Crippen molar-refractivity contribution in [2.75, 3.05) is 0 Å². The van der Waals surface area contributed by atoms with Gasteiger partial charge in [0.05, 0.1) is 20.4 Å². The molecule has 4 nitrogen and oxygen atoms in total. The van der Waals surface area contributed by atoms with Crippen LogP contribution in [0.2, 0.25) is 10.0 Å². The topological polar surface area (TPSA) is 46.6 Å². The molecule has 3 aromatic carbocycles. The first kappa shape index (κ1) is 25.3. The Kier molecular flexibility index (Phi) is 8.05. The zero-order chi connectivity index (χ0) is 24.4. The second-order valence-electron chi connectivity index (χ2n) is 7.23. The summed E-state index contributed by atoms with van der Waals surface area (Å²) in [7, 11) is 0. The number of hydrogen-bond acceptors (Lipinski definition) is 4. The molecular formula is C24H14Br2Cl2FNO3S. The fourth-order valence-corrected chi connectivity index (χ4v) is 5.90. The summed E-state index contributed by atoms with van der Waals surface area (Å²) in [6.45, 7) is 0.310. The van der Waals surface area contributed by atoms with E-state index < -0.39 is 5.91 Å². The van der Waals surface area contributed by atoms with Gasteiger partial charge in [0.1, 0.15) is 18.2 Å². The third kappa shape index (κ3) is 5.86. The van der Waals surface area contributed by atoms with Crippen molar-refractivity contribution >= 4 is 84.0 Å². The van der Waals surface area contributed by atoms with Gasteiger partial charge in [-0.3, -0.25) is 14.5 Å². The Morgan fingerprint density at radius 3 is 2.32 bits per heavy atom. The van der Waals surface area contributed by atoms with Crippen LogP contribution >= 0.6 is 66.8 Å². The first-order valence-corrected chi connectivity index (χ1v) is 12.9. The number of ether oxygens (including phenoxy) is 1. The van der Waals surface area contributed by atoms with Gasteiger partial charge in [0.2, 0.25) is 0 Å². The van der Waals surface area contributed by atoms with Crippen molar-refractivity contribution in [1.82, 2.24) is 4.90 Å². The van der Waals surface area contributed by atoms with E-state index in [2.05, 4.69) is 31.9 Å². The number of carbonyl (C=O) groups is 2. The molecule has 3 aromatic rings. The van der Waals surface area contributed by atoms with Crippen LogP contribution in [-0.2, 0) is 17.9 Å². The largest absolute Gasteiger partial charge is 0.487 e. The van der Waals surface area contributed by atoms with Crippen molar-refractivity contribution in [2.45, 2.75) is 13.2 Å². The van der Waals surface area contributed by atoms with Crippen LogP contribution < -0.4 is 4.74 Å². The van der Waals surface area contributed by atoms with Crippen molar-refractivity contribution in [3.05, 3.63) is 101 Å². The van der Waals surface area contributed by atoms with Gasteiger partial charge in [-0.1, -0.05) is 41.4 Å². The first-order valence-electron chi connectivity index (χ1n) is 9.77. The molecule has 2 amide bonds. The van der Waals surface area contributed by atoms with Crippen molar-refractivity contribution < 1.29 is 18.7 Å². The minimum atomic E-state index is -0.398. The zero-order valence-electron chi connectivity index (χ0n) is 17.2. The average molecular weight is 646 g/mol. The standard InChI is InChI=1S/C24H14Br2Cl2FNO3S/c25-18-7-14(8-19(26)22(18)33-12-13-1-5-17(29)6-2-13)9-21-23(31)30(24(32)34-21)11-15-3-4-16(27)10-20(15)28/h1-10H,11-12H2/b21-9+. The Bertz CT molecular complexity index is 1300. The van der Waals surface area contributed by atoms with E-state index in [1.807, 2.05) is 0 Å². The number of carbonyl (C=O) groups excluding carboxylic acids is 2. The number of nitrogens with zero attached hydrogens (tertiary/aromatic N) is 1. The van der Waals surface area contributed by atoms with E-state index in [0.29, 0.717) is 40.8 Å². The fourth-order valence-electron chi connectivity index (χ4n) is 3.14. The highest BCUT2D eigenvalue weighted by Crippen LogP contribution is 2.38. The van der Waals surface area contributed by atoms with Crippen molar-refractivity contribution in [3.63, 3.8) is 0 Å². The van der Waals surface area contributed by atoms with Gasteiger partial charge in [-0.2, -0.15) is 0 Å². The molecule has 4 rings (SSSR count). The third-order valence-corrected chi connectivity index (χ3v) is 7.50. The molecular weight excluding hydrogens is 632 g/mol. The predicted molar refractivity (Wildman–Crippen MR) is 141 cm³/mol. The van der Waals surface area contributed by atoms with Crippen molar-refractivity contribution in [1.29, 1.82) is 0 Å². The number of hydrogen-bond donors (Lipinski definition) is 0. The van der Waals surface area contributed by atoms with E-state index in [-0.39, 0.29) is 24.2 Å². The Balaban J connectivity index is 1.50. The lowest BCUT2D eigenvalue weighted by molar-refractivity contribution is -0.123. The summed E-state index contributed by atoms with van der Waals surface area (Å²) in [5.74, 6) is -0.145. The summed E-state index contributed by atoms with van der Waals surface area (Å²) in [4.78, 5) is 26.8. The Morgan fingerprint density at radius 1 is 1.00 bits per heavy atom. The normalized spacial score (nSPS) is 14.9. The number of thioether (sulfide) groups is 1. The summed E-state index contributed by atoms with van der Waals surface area (Å²) in [5, 5.41) is 0.489. The monoisotopic (exact) mass is 643 g/mol. The maximum atomic E-state index is 13.1. The lowest BCUT2D eigenvalue weighted by atomic mass is 10.2. The van der Waals surface area contributed by atoms with E-state index in [1.54, 1.807) is 48.5 Å². The maximum Gasteiger partial charge on any atom is 0.293 e. The molecule has 10 heteroatoms. The van der Waals surface area contributed by atoms with Gasteiger partial charge in [0.25, 0.3) is 11.1 Å². The van der Waals surface area contributed by atoms with Crippen LogP contribution in [0.25, 0.3) is 6.08 Å². The summed E-state index contributed by atoms with van der Waals surface area (Å²) in [5.41, 5.74) is 2.14. The Morgan fingerprint density at radius 2 is 1.68 bits per heavy atom. The molecule has 0 atom stereocenters. The fraction of sp³-hybridized carbons (Fsp3) is 0.0833. The van der Waals surface area contributed by atoms with E-state index in [0.717, 1.165) is 22.2 Å². The van der Waals surface area contributed by atoms with Crippen LogP contribution in [0.4, 0.5) is 9.18 Å². The average Bonchev–Trinajstić information content (AvgIpc) is 3.03. The first-order chi connectivity index (χ1) is 16.2. The van der Waals surface area contributed by atoms with Gasteiger partial charge < -0.3 is 4.74 Å². The minimum Gasteiger partial charge on any atom is -0.487 e. The Hall–Kier alpha value is -1.84. The smallest absolute Gasteiger partial charge is 0.293 e. The maximum absolute atomic E-state index is 13.1. The lowest BCUT2D eigenvalue weighted by Gasteiger charge is -2.14. The number of halogens is 5. The predicted octanol–water partition coefficient (Wildman–Crippen LogP) is 8.47. The lowest BCUT2D eigenvalue weighted by Crippen LogP contribution is -2.27. The quantitative estimate of drug-likeness (QED) is 0.252. The van der Waals surface area contributed by atoms with Crippen LogP contribution in [0, 0.1) is 5.82 Å². The molecule has 1 aliphatic heterocycles. The zero-order valence-corrected chi connectivity index (χ0v) is 22.7. The van der Waals surface area contributed by atoms with E-state index in [9.17, 15) is 14.0 Å². The Labute approximate surface area is 226 Å². The van der Waals surface area contributed by atoms with Gasteiger partial charge in [-0.05, 0) is 103 Å². The molecule has 0 N–H and O–H groups in total. The van der Waals surface area contributed by atoms with E-state index >= 15 is 0 Å². The molecule has 1 saturated heterocycles. The molecule has 1 fully saturated rings. The molecule has 0 saturated carbocycles. The number of benzene rings is 3.